The molecule has 0 radical (unpaired) electrons. The maximum atomic E-state index is 13.9. The van der Waals surface area contributed by atoms with Gasteiger partial charge in [-0.15, -0.1) is 0 Å². The van der Waals surface area contributed by atoms with Gasteiger partial charge in [0.2, 0.25) is 5.78 Å². The fraction of sp³-hybridized carbons (Fsp3) is 0.200. The third kappa shape index (κ3) is 4.45. The Balaban J connectivity index is 1.66. The summed E-state index contributed by atoms with van der Waals surface area (Å²) in [6, 6.07) is 18.8. The number of ether oxygens (including phenoxy) is 2. The molecule has 7 nitrogen and oxygen atoms in total. The Labute approximate surface area is 228 Å². The molecule has 1 aliphatic rings. The fourth-order valence-corrected chi connectivity index (χ4v) is 5.08. The van der Waals surface area contributed by atoms with Crippen LogP contribution in [0.4, 0.5) is 5.69 Å². The van der Waals surface area contributed by atoms with E-state index in [0.29, 0.717) is 34.9 Å². The van der Waals surface area contributed by atoms with Crippen LogP contribution < -0.4 is 14.4 Å². The van der Waals surface area contributed by atoms with E-state index >= 15 is 0 Å². The van der Waals surface area contributed by atoms with Crippen LogP contribution in [0.3, 0.4) is 0 Å². The number of aliphatic hydroxyl groups excluding tert-OH is 1. The average molecular weight is 576 g/mol. The second-order valence-corrected chi connectivity index (χ2v) is 9.74. The monoisotopic (exact) mass is 575 g/mol. The number of carbonyl (C=O) groups is 2. The van der Waals surface area contributed by atoms with Crippen LogP contribution in [-0.2, 0) is 11.2 Å². The van der Waals surface area contributed by atoms with Crippen LogP contribution in [0, 0.1) is 0 Å². The topological polar surface area (TPSA) is 89.2 Å². The number of methoxy groups -OCH3 is 1. The van der Waals surface area contributed by atoms with Crippen LogP contribution in [0.25, 0.3) is 11.0 Å². The van der Waals surface area contributed by atoms with Gasteiger partial charge in [0.1, 0.15) is 5.58 Å². The van der Waals surface area contributed by atoms with E-state index < -0.39 is 23.5 Å². The Bertz CT molecular complexity index is 1570. The zero-order chi connectivity index (χ0) is 27.0. The number of benzene rings is 3. The summed E-state index contributed by atoms with van der Waals surface area (Å²) in [5.74, 6) is -0.852. The van der Waals surface area contributed by atoms with Gasteiger partial charge in [0, 0.05) is 15.5 Å². The Morgan fingerprint density at radius 3 is 2.47 bits per heavy atom. The maximum Gasteiger partial charge on any atom is 0.294 e. The smallest absolute Gasteiger partial charge is 0.294 e. The van der Waals surface area contributed by atoms with Gasteiger partial charge in [-0.2, -0.15) is 0 Å². The van der Waals surface area contributed by atoms with Crippen LogP contribution in [0.2, 0.25) is 0 Å². The molecule has 8 heteroatoms. The van der Waals surface area contributed by atoms with Crippen LogP contribution in [0.15, 0.2) is 87.0 Å². The van der Waals surface area contributed by atoms with Crippen molar-refractivity contribution in [3.63, 3.8) is 0 Å². The van der Waals surface area contributed by atoms with E-state index in [1.165, 1.54) is 4.90 Å². The molecule has 0 bridgehead atoms. The lowest BCUT2D eigenvalue weighted by Crippen LogP contribution is -2.31. The average Bonchev–Trinajstić information content (AvgIpc) is 3.46. The van der Waals surface area contributed by atoms with Gasteiger partial charge in [0.05, 0.1) is 25.3 Å². The van der Waals surface area contributed by atoms with Crippen LogP contribution >= 0.6 is 15.9 Å². The molecule has 1 aromatic heterocycles. The predicted molar refractivity (Wildman–Crippen MR) is 148 cm³/mol. The van der Waals surface area contributed by atoms with Crippen molar-refractivity contribution in [1.82, 2.24) is 0 Å². The van der Waals surface area contributed by atoms with Gasteiger partial charge in [-0.25, -0.2) is 0 Å². The number of fused-ring (bicyclic) bond motifs is 1. The van der Waals surface area contributed by atoms with Crippen molar-refractivity contribution in [2.24, 2.45) is 0 Å². The number of amides is 1. The first kappa shape index (κ1) is 25.6. The molecule has 1 aliphatic heterocycles. The number of furan rings is 1. The largest absolute Gasteiger partial charge is 0.503 e. The Morgan fingerprint density at radius 2 is 1.79 bits per heavy atom. The van der Waals surface area contributed by atoms with E-state index in [2.05, 4.69) is 15.9 Å². The van der Waals surface area contributed by atoms with E-state index in [1.807, 2.05) is 50.2 Å². The van der Waals surface area contributed by atoms with E-state index in [9.17, 15) is 14.7 Å². The van der Waals surface area contributed by atoms with Crippen molar-refractivity contribution in [1.29, 1.82) is 0 Å². The minimum atomic E-state index is -0.924. The number of Topliss-reactive ketones (excluding diaryl/α,β-unsaturated/α-hetero) is 1. The molecule has 38 heavy (non-hydrogen) atoms. The zero-order valence-corrected chi connectivity index (χ0v) is 22.7. The second-order valence-electron chi connectivity index (χ2n) is 8.83. The number of hydrogen-bond acceptors (Lipinski definition) is 6. The van der Waals surface area contributed by atoms with Crippen molar-refractivity contribution in [2.75, 3.05) is 18.6 Å². The molecule has 0 fully saturated rings. The minimum absolute atomic E-state index is 0.0270. The molecule has 0 spiro atoms. The van der Waals surface area contributed by atoms with Crippen molar-refractivity contribution >= 4 is 44.3 Å². The van der Waals surface area contributed by atoms with Crippen LogP contribution in [-0.4, -0.2) is 30.5 Å². The van der Waals surface area contributed by atoms with Gasteiger partial charge in [-0.3, -0.25) is 14.5 Å². The molecule has 194 valence electrons. The number of carbonyl (C=O) groups excluding carboxylic acids is 2. The van der Waals surface area contributed by atoms with Gasteiger partial charge >= 0.3 is 0 Å². The normalized spacial score (nSPS) is 15.4. The lowest BCUT2D eigenvalue weighted by Gasteiger charge is -2.27. The molecule has 1 amide bonds. The molecule has 3 aromatic carbocycles. The van der Waals surface area contributed by atoms with E-state index in [4.69, 9.17) is 13.9 Å². The summed E-state index contributed by atoms with van der Waals surface area (Å²) in [6.45, 7) is 4.29. The van der Waals surface area contributed by atoms with Gasteiger partial charge < -0.3 is 19.0 Å². The number of ketones is 1. The highest BCUT2D eigenvalue weighted by atomic mass is 79.9. The van der Waals surface area contributed by atoms with Crippen molar-refractivity contribution in [3.05, 3.63) is 99.4 Å². The summed E-state index contributed by atoms with van der Waals surface area (Å²) in [7, 11) is 1.54. The Hall–Kier alpha value is -4.04. The number of rotatable bonds is 8. The fourth-order valence-electron chi connectivity index (χ4n) is 4.70. The van der Waals surface area contributed by atoms with Crippen molar-refractivity contribution < 1.29 is 28.6 Å². The van der Waals surface area contributed by atoms with Gasteiger partial charge in [-0.1, -0.05) is 41.1 Å². The molecule has 1 atom stereocenters. The molecular formula is C30H26BrNO6. The molecular weight excluding hydrogens is 550 g/mol. The molecule has 2 heterocycles. The standard InChI is InChI=1S/C30H26BrNO6/c1-4-17-6-10-21(11-7-17)32-27(18-8-12-23(36-3)24(15-18)37-5-2)26(29(34)30(32)35)28(33)25-16-19-14-20(31)9-13-22(19)38-25/h6-16,27,34H,4-5H2,1-3H3. The third-order valence-electron chi connectivity index (χ3n) is 6.58. The molecule has 0 saturated heterocycles. The highest BCUT2D eigenvalue weighted by Gasteiger charge is 2.45. The highest BCUT2D eigenvalue weighted by Crippen LogP contribution is 2.44. The van der Waals surface area contributed by atoms with E-state index in [1.54, 1.807) is 37.4 Å². The quantitative estimate of drug-likeness (QED) is 0.229. The first-order valence-corrected chi connectivity index (χ1v) is 13.1. The molecule has 1 N–H and O–H groups in total. The Morgan fingerprint density at radius 1 is 1.03 bits per heavy atom. The number of halogens is 1. The molecule has 0 saturated carbocycles. The summed E-state index contributed by atoms with van der Waals surface area (Å²) >= 11 is 3.43. The lowest BCUT2D eigenvalue weighted by molar-refractivity contribution is -0.117. The highest BCUT2D eigenvalue weighted by molar-refractivity contribution is 9.10. The second kappa shape index (κ2) is 10.4. The van der Waals surface area contributed by atoms with E-state index in [0.717, 1.165) is 21.8 Å². The van der Waals surface area contributed by atoms with Crippen molar-refractivity contribution in [2.45, 2.75) is 26.3 Å². The summed E-state index contributed by atoms with van der Waals surface area (Å²) in [5.41, 5.74) is 2.68. The minimum Gasteiger partial charge on any atom is -0.503 e. The number of hydrogen-bond donors (Lipinski definition) is 1. The first-order chi connectivity index (χ1) is 18.4. The summed E-state index contributed by atoms with van der Waals surface area (Å²) in [5, 5.41) is 11.8. The summed E-state index contributed by atoms with van der Waals surface area (Å²) in [6.07, 6.45) is 0.837. The first-order valence-electron chi connectivity index (χ1n) is 12.3. The van der Waals surface area contributed by atoms with Crippen molar-refractivity contribution in [3.8, 4) is 11.5 Å². The van der Waals surface area contributed by atoms with Gasteiger partial charge in [-0.05, 0) is 73.0 Å². The molecule has 0 aliphatic carbocycles. The number of nitrogens with zero attached hydrogens (tertiary/aromatic N) is 1. The summed E-state index contributed by atoms with van der Waals surface area (Å²) in [4.78, 5) is 28.8. The third-order valence-corrected chi connectivity index (χ3v) is 7.07. The van der Waals surface area contributed by atoms with Crippen LogP contribution in [0.5, 0.6) is 11.5 Å². The SMILES string of the molecule is CCOc1cc(C2C(C(=O)c3cc4cc(Br)ccc4o3)=C(O)C(=O)N2c2ccc(CC)cc2)ccc1OC. The maximum absolute atomic E-state index is 13.9. The Kier molecular flexibility index (Phi) is 6.99. The van der Waals surface area contributed by atoms with Gasteiger partial charge in [0.25, 0.3) is 5.91 Å². The molecule has 1 unspecified atom stereocenters. The summed E-state index contributed by atoms with van der Waals surface area (Å²) < 4.78 is 17.9. The predicted octanol–water partition coefficient (Wildman–Crippen LogP) is 6.95. The van der Waals surface area contributed by atoms with Crippen LogP contribution in [0.1, 0.15) is 41.6 Å². The van der Waals surface area contributed by atoms with Gasteiger partial charge in [0.15, 0.2) is 23.0 Å². The number of anilines is 1. The number of aliphatic hydroxyl groups is 1. The molecule has 4 aromatic rings. The number of aryl methyl sites for hydroxylation is 1. The lowest BCUT2D eigenvalue weighted by atomic mass is 9.94. The zero-order valence-electron chi connectivity index (χ0n) is 21.2. The van der Waals surface area contributed by atoms with E-state index in [-0.39, 0.29) is 11.3 Å². The molecule has 5 rings (SSSR count).